The minimum atomic E-state index is -0.317. The third-order valence-corrected chi connectivity index (χ3v) is 7.55. The van der Waals surface area contributed by atoms with Crippen molar-refractivity contribution in [2.45, 2.75) is 66.5 Å². The molecule has 0 N–H and O–H groups in total. The Morgan fingerprint density at radius 1 is 0.583 bits per heavy atom. The zero-order chi connectivity index (χ0) is 35.8. The summed E-state index contributed by atoms with van der Waals surface area (Å²) in [6.07, 6.45) is 3.16. The normalized spacial score (nSPS) is 10.8. The van der Waals surface area contributed by atoms with Crippen molar-refractivity contribution in [3.63, 3.8) is 0 Å². The number of benzene rings is 2. The molecule has 2 aromatic carbocycles. The molecule has 0 aliphatic carbocycles. The van der Waals surface area contributed by atoms with E-state index < -0.39 is 0 Å². The van der Waals surface area contributed by atoms with Gasteiger partial charge in [-0.25, -0.2) is 18.7 Å². The molecule has 4 rings (SSSR count). The number of amides is 2. The summed E-state index contributed by atoms with van der Waals surface area (Å²) in [6.45, 7) is 15.5. The summed E-state index contributed by atoms with van der Waals surface area (Å²) in [4.78, 5) is 37.0. The lowest BCUT2D eigenvalue weighted by molar-refractivity contribution is 0.0639. The molecule has 2 aromatic heterocycles. The number of aryl methyl sites for hydroxylation is 2. The van der Waals surface area contributed by atoms with E-state index in [9.17, 15) is 18.4 Å². The van der Waals surface area contributed by atoms with Gasteiger partial charge in [0.15, 0.2) is 0 Å². The van der Waals surface area contributed by atoms with Crippen LogP contribution in [0, 0.1) is 49.2 Å². The van der Waals surface area contributed by atoms with Gasteiger partial charge in [0.25, 0.3) is 11.8 Å². The van der Waals surface area contributed by atoms with Gasteiger partial charge in [-0.15, -0.1) is 0 Å². The number of hydrogen-bond acceptors (Lipinski definition) is 4. The summed E-state index contributed by atoms with van der Waals surface area (Å²) in [5.41, 5.74) is 4.57. The lowest BCUT2D eigenvalue weighted by Gasteiger charge is -2.32. The number of carbonyl (C=O) groups excluding carboxylic acids is 2. The highest BCUT2D eigenvalue weighted by Crippen LogP contribution is 2.18. The number of halogens is 2. The van der Waals surface area contributed by atoms with Crippen molar-refractivity contribution in [2.75, 3.05) is 14.1 Å². The first-order chi connectivity index (χ1) is 22.4. The fourth-order valence-corrected chi connectivity index (χ4v) is 4.05. The molecule has 0 spiro atoms. The second kappa shape index (κ2) is 15.5. The number of nitrogens with zero attached hydrogens (tertiary/aromatic N) is 4. The molecule has 0 aliphatic rings. The summed E-state index contributed by atoms with van der Waals surface area (Å²) >= 11 is 0. The Labute approximate surface area is 283 Å². The molecule has 0 bridgehead atoms. The number of rotatable bonds is 2. The van der Waals surface area contributed by atoms with Gasteiger partial charge in [0.2, 0.25) is 0 Å². The molecule has 2 amide bonds. The van der Waals surface area contributed by atoms with Crippen molar-refractivity contribution in [1.29, 1.82) is 0 Å². The molecule has 4 aromatic rings. The highest BCUT2D eigenvalue weighted by atomic mass is 19.1. The van der Waals surface area contributed by atoms with E-state index >= 15 is 0 Å². The van der Waals surface area contributed by atoms with E-state index in [1.54, 1.807) is 60.6 Å². The zero-order valence-corrected chi connectivity index (χ0v) is 29.3. The Morgan fingerprint density at radius 3 is 1.40 bits per heavy atom. The standard InChI is InChI=1S/2C20H21FN2O/c1-14-12-16(7-6-15-8-10-17(21)11-9-15)13-22-18(14)19(24)23(5)20(2,3)4;1-14-11-16(10-9-15-7-6-8-17(21)12-15)13-22-18(14)19(24)23(5)20(2,3)4/h8-13H,1-5H3;6-8,11-13H,1-5H3. The highest BCUT2D eigenvalue weighted by Gasteiger charge is 2.26. The largest absolute Gasteiger partial charge is 0.336 e. The summed E-state index contributed by atoms with van der Waals surface area (Å²) in [7, 11) is 3.53. The van der Waals surface area contributed by atoms with Gasteiger partial charge in [0.05, 0.1) is 0 Å². The Balaban J connectivity index is 0.000000260. The molecule has 48 heavy (non-hydrogen) atoms. The first-order valence-corrected chi connectivity index (χ1v) is 15.4. The van der Waals surface area contributed by atoms with Crippen molar-refractivity contribution in [1.82, 2.24) is 19.8 Å². The third kappa shape index (κ3) is 10.3. The molecule has 2 heterocycles. The van der Waals surface area contributed by atoms with E-state index in [0.29, 0.717) is 28.1 Å². The summed E-state index contributed by atoms with van der Waals surface area (Å²) in [5, 5.41) is 0. The molecule has 8 heteroatoms. The van der Waals surface area contributed by atoms with E-state index in [0.717, 1.165) is 16.7 Å². The maximum absolute atomic E-state index is 13.1. The molecular formula is C40H42F2N4O2. The van der Waals surface area contributed by atoms with Crippen LogP contribution in [0.25, 0.3) is 0 Å². The van der Waals surface area contributed by atoms with Crippen molar-refractivity contribution < 1.29 is 18.4 Å². The Hall–Kier alpha value is -5.34. The number of carbonyl (C=O) groups is 2. The summed E-state index contributed by atoms with van der Waals surface area (Å²) < 4.78 is 26.0. The molecule has 0 saturated carbocycles. The van der Waals surface area contributed by atoms with Crippen LogP contribution >= 0.6 is 0 Å². The first kappa shape index (κ1) is 37.1. The van der Waals surface area contributed by atoms with Gasteiger partial charge in [-0.05, 0) is 121 Å². The van der Waals surface area contributed by atoms with Crippen LogP contribution in [0.1, 0.15) is 95.9 Å². The van der Waals surface area contributed by atoms with E-state index in [1.807, 2.05) is 67.5 Å². The SMILES string of the molecule is Cc1cc(C#Cc2ccc(F)cc2)cnc1C(=O)N(C)C(C)(C)C.Cc1cc(C#Cc2cccc(F)c2)cnc1C(=O)N(C)C(C)(C)C. The third-order valence-electron chi connectivity index (χ3n) is 7.55. The van der Waals surface area contributed by atoms with Crippen LogP contribution in [0.15, 0.2) is 73.1 Å². The van der Waals surface area contributed by atoms with Crippen molar-refractivity contribution in [3.8, 4) is 23.7 Å². The van der Waals surface area contributed by atoms with Crippen LogP contribution in [0.4, 0.5) is 8.78 Å². The first-order valence-electron chi connectivity index (χ1n) is 15.4. The van der Waals surface area contributed by atoms with Gasteiger partial charge in [-0.2, -0.15) is 0 Å². The average Bonchev–Trinajstić information content (AvgIpc) is 3.02. The van der Waals surface area contributed by atoms with E-state index in [4.69, 9.17) is 0 Å². The van der Waals surface area contributed by atoms with Crippen molar-refractivity contribution >= 4 is 11.8 Å². The molecule has 0 saturated heterocycles. The van der Waals surface area contributed by atoms with Gasteiger partial charge in [-0.3, -0.25) is 9.59 Å². The fraction of sp³-hybridized carbons (Fsp3) is 0.300. The maximum Gasteiger partial charge on any atom is 0.272 e. The molecule has 6 nitrogen and oxygen atoms in total. The second-order valence-electron chi connectivity index (χ2n) is 13.4. The van der Waals surface area contributed by atoms with Crippen LogP contribution in [-0.2, 0) is 0 Å². The number of hydrogen-bond donors (Lipinski definition) is 0. The minimum Gasteiger partial charge on any atom is -0.336 e. The second-order valence-corrected chi connectivity index (χ2v) is 13.4. The average molecular weight is 649 g/mol. The van der Waals surface area contributed by atoms with Crippen LogP contribution < -0.4 is 0 Å². The Morgan fingerprint density at radius 2 is 1.00 bits per heavy atom. The van der Waals surface area contributed by atoms with Crippen LogP contribution in [0.2, 0.25) is 0 Å². The molecule has 0 fully saturated rings. The molecular weight excluding hydrogens is 606 g/mol. The van der Waals surface area contributed by atoms with E-state index in [-0.39, 0.29) is 34.5 Å². The molecule has 0 aliphatic heterocycles. The monoisotopic (exact) mass is 648 g/mol. The Bertz CT molecular complexity index is 1920. The topological polar surface area (TPSA) is 66.4 Å². The van der Waals surface area contributed by atoms with Gasteiger partial charge < -0.3 is 9.80 Å². The molecule has 248 valence electrons. The van der Waals surface area contributed by atoms with Crippen LogP contribution in [0.5, 0.6) is 0 Å². The zero-order valence-electron chi connectivity index (χ0n) is 29.3. The summed E-state index contributed by atoms with van der Waals surface area (Å²) in [5.74, 6) is 11.0. The van der Waals surface area contributed by atoms with Gasteiger partial charge in [0.1, 0.15) is 23.0 Å². The quantitative estimate of drug-likeness (QED) is 0.210. The lowest BCUT2D eigenvalue weighted by Crippen LogP contribution is -2.43. The van der Waals surface area contributed by atoms with Gasteiger partial charge in [0, 0.05) is 59.8 Å². The van der Waals surface area contributed by atoms with Crippen LogP contribution in [-0.4, -0.2) is 56.8 Å². The summed E-state index contributed by atoms with van der Waals surface area (Å²) in [6, 6.07) is 15.8. The predicted octanol–water partition coefficient (Wildman–Crippen LogP) is 7.60. The van der Waals surface area contributed by atoms with Crippen LogP contribution in [0.3, 0.4) is 0 Å². The minimum absolute atomic E-state index is 0.113. The number of aromatic nitrogens is 2. The molecule has 0 radical (unpaired) electrons. The van der Waals surface area contributed by atoms with Crippen molar-refractivity contribution in [2.24, 2.45) is 0 Å². The lowest BCUT2D eigenvalue weighted by atomic mass is 10.0. The van der Waals surface area contributed by atoms with Gasteiger partial charge in [-0.1, -0.05) is 29.7 Å². The number of pyridine rings is 2. The van der Waals surface area contributed by atoms with E-state index in [1.165, 1.54) is 24.3 Å². The predicted molar refractivity (Wildman–Crippen MR) is 186 cm³/mol. The molecule has 0 atom stereocenters. The highest BCUT2D eigenvalue weighted by molar-refractivity contribution is 5.94. The van der Waals surface area contributed by atoms with Crippen molar-refractivity contribution in [3.05, 3.63) is 129 Å². The maximum atomic E-state index is 13.1. The van der Waals surface area contributed by atoms with Gasteiger partial charge >= 0.3 is 0 Å². The molecule has 0 unspecified atom stereocenters. The fourth-order valence-electron chi connectivity index (χ4n) is 4.05. The smallest absolute Gasteiger partial charge is 0.272 e. The van der Waals surface area contributed by atoms with E-state index in [2.05, 4.69) is 33.6 Å². The Kier molecular flexibility index (Phi) is 12.0.